The molecule has 1 aliphatic rings. The molecule has 126 valence electrons. The number of pyridine rings is 1. The highest BCUT2D eigenvalue weighted by atomic mass is 32.1. The van der Waals surface area contributed by atoms with Crippen LogP contribution in [0.3, 0.4) is 0 Å². The van der Waals surface area contributed by atoms with Gasteiger partial charge in [0, 0.05) is 30.8 Å². The van der Waals surface area contributed by atoms with Gasteiger partial charge in [0.05, 0.1) is 11.7 Å². The van der Waals surface area contributed by atoms with E-state index in [0.717, 1.165) is 16.5 Å². The third-order valence-electron chi connectivity index (χ3n) is 4.66. The molecule has 4 rings (SSSR count). The van der Waals surface area contributed by atoms with Crippen LogP contribution in [0.25, 0.3) is 0 Å². The maximum atomic E-state index is 5.71. The lowest BCUT2D eigenvalue weighted by Gasteiger charge is -2.28. The van der Waals surface area contributed by atoms with Crippen molar-refractivity contribution >= 4 is 23.0 Å². The van der Waals surface area contributed by atoms with Gasteiger partial charge in [-0.25, -0.2) is 0 Å². The maximum absolute atomic E-state index is 5.71. The lowest BCUT2D eigenvalue weighted by Crippen LogP contribution is -2.30. The minimum Gasteiger partial charge on any atom is -0.353 e. The van der Waals surface area contributed by atoms with Crippen LogP contribution < -0.4 is 10.2 Å². The topological polar surface area (TPSA) is 33.1 Å². The fraction of sp³-hybridized carbons (Fsp3) is 0.200. The SMILES string of the molecule is Cc1cccc(N2C(=S)N[C@H](c3ccccn3)[C@@H]2c2cccn2C)c1. The normalized spacial score (nSPS) is 19.9. The molecule has 2 atom stereocenters. The van der Waals surface area contributed by atoms with Crippen LogP contribution in [0.1, 0.15) is 29.0 Å². The summed E-state index contributed by atoms with van der Waals surface area (Å²) in [6.07, 6.45) is 3.90. The van der Waals surface area contributed by atoms with Gasteiger partial charge in [0.1, 0.15) is 6.04 Å². The van der Waals surface area contributed by atoms with Crippen LogP contribution in [0, 0.1) is 6.92 Å². The van der Waals surface area contributed by atoms with Gasteiger partial charge < -0.3 is 14.8 Å². The molecule has 0 aliphatic carbocycles. The van der Waals surface area contributed by atoms with Crippen molar-refractivity contribution in [2.45, 2.75) is 19.0 Å². The third-order valence-corrected chi connectivity index (χ3v) is 4.98. The van der Waals surface area contributed by atoms with Crippen LogP contribution in [0.5, 0.6) is 0 Å². The molecule has 4 nitrogen and oxygen atoms in total. The summed E-state index contributed by atoms with van der Waals surface area (Å²) < 4.78 is 2.15. The molecule has 0 spiro atoms. The first-order chi connectivity index (χ1) is 12.1. The molecule has 1 saturated heterocycles. The number of hydrogen-bond donors (Lipinski definition) is 1. The van der Waals surface area contributed by atoms with Crippen molar-refractivity contribution in [3.63, 3.8) is 0 Å². The monoisotopic (exact) mass is 348 g/mol. The Labute approximate surface area is 153 Å². The fourth-order valence-electron chi connectivity index (χ4n) is 3.49. The Hall–Kier alpha value is -2.66. The zero-order chi connectivity index (χ0) is 17.4. The van der Waals surface area contributed by atoms with E-state index in [1.165, 1.54) is 11.3 Å². The van der Waals surface area contributed by atoms with E-state index < -0.39 is 0 Å². The van der Waals surface area contributed by atoms with Crippen molar-refractivity contribution in [2.75, 3.05) is 4.90 Å². The fourth-order valence-corrected chi connectivity index (χ4v) is 3.84. The van der Waals surface area contributed by atoms with E-state index in [2.05, 4.69) is 82.4 Å². The van der Waals surface area contributed by atoms with Crippen LogP contribution in [-0.2, 0) is 7.05 Å². The standard InChI is InChI=1S/C20H20N4S/c1-14-7-5-8-15(13-14)24-19(17-10-6-12-23(17)2)18(22-20(24)25)16-9-3-4-11-21-16/h3-13,18-19H,1-2H3,(H,22,25)/t18-,19+/m1/s1. The van der Waals surface area contributed by atoms with Crippen LogP contribution in [0.2, 0.25) is 0 Å². The second-order valence-corrected chi connectivity index (χ2v) is 6.77. The molecule has 0 amide bonds. The molecule has 1 fully saturated rings. The summed E-state index contributed by atoms with van der Waals surface area (Å²) in [5, 5.41) is 4.21. The maximum Gasteiger partial charge on any atom is 0.174 e. The minimum atomic E-state index is 0.00260. The average molecular weight is 348 g/mol. The predicted octanol–water partition coefficient (Wildman–Crippen LogP) is 3.91. The Morgan fingerprint density at radius 1 is 1.08 bits per heavy atom. The molecular weight excluding hydrogens is 328 g/mol. The second kappa shape index (κ2) is 6.33. The van der Waals surface area contributed by atoms with Crippen molar-refractivity contribution < 1.29 is 0 Å². The molecule has 5 heteroatoms. The molecular formula is C20H20N4S. The zero-order valence-corrected chi connectivity index (χ0v) is 15.1. The molecule has 3 aromatic rings. The summed E-state index contributed by atoms with van der Waals surface area (Å²) in [6, 6.07) is 18.7. The highest BCUT2D eigenvalue weighted by Crippen LogP contribution is 2.41. The Morgan fingerprint density at radius 2 is 1.96 bits per heavy atom. The van der Waals surface area contributed by atoms with Crippen LogP contribution in [0.15, 0.2) is 67.0 Å². The Morgan fingerprint density at radius 3 is 2.64 bits per heavy atom. The zero-order valence-electron chi connectivity index (χ0n) is 14.3. The first kappa shape index (κ1) is 15.8. The summed E-state index contributed by atoms with van der Waals surface area (Å²) in [7, 11) is 2.07. The molecule has 0 unspecified atom stereocenters. The largest absolute Gasteiger partial charge is 0.353 e. The number of thiocarbonyl (C=S) groups is 1. The van der Waals surface area contributed by atoms with Gasteiger partial charge in [0.25, 0.3) is 0 Å². The molecule has 0 bridgehead atoms. The third kappa shape index (κ3) is 2.81. The van der Waals surface area contributed by atoms with E-state index in [1.807, 2.05) is 18.3 Å². The van der Waals surface area contributed by atoms with E-state index in [0.29, 0.717) is 0 Å². The summed E-state index contributed by atoms with van der Waals surface area (Å²) in [5.41, 5.74) is 4.50. The van der Waals surface area contributed by atoms with E-state index in [9.17, 15) is 0 Å². The highest BCUT2D eigenvalue weighted by molar-refractivity contribution is 7.80. The van der Waals surface area contributed by atoms with Crippen molar-refractivity contribution in [1.82, 2.24) is 14.9 Å². The van der Waals surface area contributed by atoms with Crippen LogP contribution >= 0.6 is 12.2 Å². The van der Waals surface area contributed by atoms with Crippen molar-refractivity contribution in [3.8, 4) is 0 Å². The molecule has 25 heavy (non-hydrogen) atoms. The smallest absolute Gasteiger partial charge is 0.174 e. The molecule has 2 aromatic heterocycles. The lowest BCUT2D eigenvalue weighted by molar-refractivity contribution is 0.541. The lowest BCUT2D eigenvalue weighted by atomic mass is 10.0. The molecule has 1 aliphatic heterocycles. The number of nitrogens with zero attached hydrogens (tertiary/aromatic N) is 3. The number of anilines is 1. The van der Waals surface area contributed by atoms with Gasteiger partial charge >= 0.3 is 0 Å². The van der Waals surface area contributed by atoms with Crippen molar-refractivity contribution in [1.29, 1.82) is 0 Å². The number of rotatable bonds is 3. The quantitative estimate of drug-likeness (QED) is 0.728. The van der Waals surface area contributed by atoms with Gasteiger partial charge in [-0.05, 0) is 61.1 Å². The predicted molar refractivity (Wildman–Crippen MR) is 105 cm³/mol. The summed E-state index contributed by atoms with van der Waals surface area (Å²) >= 11 is 5.71. The van der Waals surface area contributed by atoms with E-state index in [1.54, 1.807) is 0 Å². The van der Waals surface area contributed by atoms with Gasteiger partial charge in [0.2, 0.25) is 0 Å². The first-order valence-corrected chi connectivity index (χ1v) is 8.74. The Kier molecular flexibility index (Phi) is 4.01. The molecule has 1 aromatic carbocycles. The highest BCUT2D eigenvalue weighted by Gasteiger charge is 2.41. The molecule has 1 N–H and O–H groups in total. The van der Waals surface area contributed by atoms with Crippen LogP contribution in [0.4, 0.5) is 5.69 Å². The number of aromatic nitrogens is 2. The Bertz CT molecular complexity index is 903. The van der Waals surface area contributed by atoms with Crippen molar-refractivity contribution in [3.05, 3.63) is 83.9 Å². The molecule has 0 saturated carbocycles. The molecule has 0 radical (unpaired) electrons. The second-order valence-electron chi connectivity index (χ2n) is 6.38. The van der Waals surface area contributed by atoms with Crippen molar-refractivity contribution in [2.24, 2.45) is 7.05 Å². The number of aryl methyl sites for hydroxylation is 2. The number of nitrogens with one attached hydrogen (secondary N) is 1. The van der Waals surface area contributed by atoms with Gasteiger partial charge in [-0.3, -0.25) is 4.98 Å². The van der Waals surface area contributed by atoms with Gasteiger partial charge in [0.15, 0.2) is 5.11 Å². The number of hydrogen-bond acceptors (Lipinski definition) is 2. The van der Waals surface area contributed by atoms with Gasteiger partial charge in [-0.15, -0.1) is 0 Å². The van der Waals surface area contributed by atoms with Gasteiger partial charge in [-0.2, -0.15) is 0 Å². The summed E-state index contributed by atoms with van der Waals surface area (Å²) in [5.74, 6) is 0. The van der Waals surface area contributed by atoms with E-state index >= 15 is 0 Å². The van der Waals surface area contributed by atoms with E-state index in [-0.39, 0.29) is 12.1 Å². The number of benzene rings is 1. The van der Waals surface area contributed by atoms with E-state index in [4.69, 9.17) is 12.2 Å². The van der Waals surface area contributed by atoms with Crippen LogP contribution in [-0.4, -0.2) is 14.7 Å². The Balaban J connectivity index is 1.85. The first-order valence-electron chi connectivity index (χ1n) is 8.34. The average Bonchev–Trinajstić information content (AvgIpc) is 3.18. The summed E-state index contributed by atoms with van der Waals surface area (Å²) in [6.45, 7) is 2.10. The minimum absolute atomic E-state index is 0.00260. The molecule has 3 heterocycles. The van der Waals surface area contributed by atoms with Gasteiger partial charge in [-0.1, -0.05) is 18.2 Å². The summed E-state index contributed by atoms with van der Waals surface area (Å²) in [4.78, 5) is 6.78.